The SMILES string of the molecule is CC[C@H](C)c1nc2ccc(Br)cc2c(=O)n1N=Cc1ccc(Oc2ccc([N+](=O)[O-])cn2)c(Br)c1. The molecule has 0 saturated carbocycles. The average molecular weight is 601 g/mol. The number of ether oxygens (including phenoxy) is 1. The highest BCUT2D eigenvalue weighted by atomic mass is 79.9. The second-order valence-corrected chi connectivity index (χ2v) is 9.48. The van der Waals surface area contributed by atoms with Crippen molar-refractivity contribution in [2.75, 3.05) is 0 Å². The minimum Gasteiger partial charge on any atom is -0.438 e. The van der Waals surface area contributed by atoms with Gasteiger partial charge >= 0.3 is 0 Å². The summed E-state index contributed by atoms with van der Waals surface area (Å²) in [5, 5.41) is 15.7. The summed E-state index contributed by atoms with van der Waals surface area (Å²) < 4.78 is 8.47. The molecule has 0 radical (unpaired) electrons. The predicted molar refractivity (Wildman–Crippen MR) is 141 cm³/mol. The summed E-state index contributed by atoms with van der Waals surface area (Å²) in [4.78, 5) is 32.2. The van der Waals surface area contributed by atoms with Gasteiger partial charge in [0.25, 0.3) is 11.2 Å². The average Bonchev–Trinajstić information content (AvgIpc) is 2.85. The molecule has 2 aromatic carbocycles. The Morgan fingerprint density at radius 3 is 2.66 bits per heavy atom. The summed E-state index contributed by atoms with van der Waals surface area (Å²) in [6, 6.07) is 13.4. The minimum absolute atomic E-state index is 0.0320. The smallest absolute Gasteiger partial charge is 0.287 e. The highest BCUT2D eigenvalue weighted by Crippen LogP contribution is 2.30. The topological polar surface area (TPSA) is 113 Å². The maximum absolute atomic E-state index is 13.2. The molecular weight excluding hydrogens is 582 g/mol. The molecule has 2 aromatic heterocycles. The molecule has 0 unspecified atom stereocenters. The lowest BCUT2D eigenvalue weighted by Gasteiger charge is -2.14. The number of hydrogen-bond acceptors (Lipinski definition) is 7. The number of nitro groups is 1. The van der Waals surface area contributed by atoms with Crippen molar-refractivity contribution in [3.63, 3.8) is 0 Å². The molecule has 0 aliphatic rings. The molecule has 11 heteroatoms. The Morgan fingerprint density at radius 1 is 1.20 bits per heavy atom. The van der Waals surface area contributed by atoms with Crippen LogP contribution < -0.4 is 10.3 Å². The van der Waals surface area contributed by atoms with E-state index in [1.165, 1.54) is 16.8 Å². The Kier molecular flexibility index (Phi) is 7.37. The van der Waals surface area contributed by atoms with Gasteiger partial charge in [0.15, 0.2) is 0 Å². The fraction of sp³-hybridized carbons (Fsp3) is 0.167. The number of benzene rings is 2. The first-order chi connectivity index (χ1) is 16.8. The molecule has 0 N–H and O–H groups in total. The van der Waals surface area contributed by atoms with Crippen LogP contribution in [-0.2, 0) is 0 Å². The Labute approximate surface area is 216 Å². The summed E-state index contributed by atoms with van der Waals surface area (Å²) in [7, 11) is 0. The van der Waals surface area contributed by atoms with E-state index in [2.05, 4.69) is 41.9 Å². The zero-order chi connectivity index (χ0) is 25.1. The van der Waals surface area contributed by atoms with E-state index in [0.29, 0.717) is 26.9 Å². The summed E-state index contributed by atoms with van der Waals surface area (Å²) in [6.07, 6.45) is 3.52. The molecule has 35 heavy (non-hydrogen) atoms. The van der Waals surface area contributed by atoms with Crippen molar-refractivity contribution in [3.05, 3.63) is 95.5 Å². The zero-order valence-corrected chi connectivity index (χ0v) is 21.9. The summed E-state index contributed by atoms with van der Waals surface area (Å²) >= 11 is 6.87. The minimum atomic E-state index is -0.525. The van der Waals surface area contributed by atoms with Crippen LogP contribution in [0.2, 0.25) is 0 Å². The lowest BCUT2D eigenvalue weighted by atomic mass is 10.1. The van der Waals surface area contributed by atoms with Gasteiger partial charge in [-0.2, -0.15) is 9.78 Å². The molecule has 9 nitrogen and oxygen atoms in total. The molecule has 0 fully saturated rings. The van der Waals surface area contributed by atoms with Gasteiger partial charge < -0.3 is 4.74 Å². The molecule has 4 rings (SSSR count). The van der Waals surface area contributed by atoms with Gasteiger partial charge in [-0.15, -0.1) is 0 Å². The standard InChI is InChI=1S/C24H19Br2N5O4/c1-3-14(2)23-29-20-7-5-16(25)11-18(20)24(32)30(23)28-12-15-4-8-21(19(26)10-15)35-22-9-6-17(13-27-22)31(33)34/h4-14H,3H2,1-2H3/t14-/m0/s1. The van der Waals surface area contributed by atoms with Crippen LogP contribution in [0.3, 0.4) is 0 Å². The van der Waals surface area contributed by atoms with Crippen LogP contribution in [-0.4, -0.2) is 25.8 Å². The molecule has 0 spiro atoms. The Morgan fingerprint density at radius 2 is 2.00 bits per heavy atom. The molecule has 4 aromatic rings. The molecule has 2 heterocycles. The van der Waals surface area contributed by atoms with Crippen molar-refractivity contribution in [3.8, 4) is 11.6 Å². The van der Waals surface area contributed by atoms with Crippen molar-refractivity contribution in [2.24, 2.45) is 5.10 Å². The van der Waals surface area contributed by atoms with Gasteiger partial charge in [-0.1, -0.05) is 29.8 Å². The Hall–Kier alpha value is -3.44. The monoisotopic (exact) mass is 599 g/mol. The molecule has 0 bridgehead atoms. The van der Waals surface area contributed by atoms with E-state index < -0.39 is 4.92 Å². The summed E-state index contributed by atoms with van der Waals surface area (Å²) in [5.74, 6) is 1.31. The van der Waals surface area contributed by atoms with Crippen molar-refractivity contribution in [1.82, 2.24) is 14.6 Å². The van der Waals surface area contributed by atoms with Gasteiger partial charge in [-0.25, -0.2) is 9.97 Å². The lowest BCUT2D eigenvalue weighted by molar-refractivity contribution is -0.385. The van der Waals surface area contributed by atoms with Crippen LogP contribution in [0.1, 0.15) is 37.6 Å². The Balaban J connectivity index is 1.65. The van der Waals surface area contributed by atoms with Crippen LogP contribution >= 0.6 is 31.9 Å². The fourth-order valence-electron chi connectivity index (χ4n) is 3.24. The van der Waals surface area contributed by atoms with Crippen molar-refractivity contribution < 1.29 is 9.66 Å². The van der Waals surface area contributed by atoms with Crippen molar-refractivity contribution in [1.29, 1.82) is 0 Å². The Bertz CT molecular complexity index is 1500. The molecule has 0 saturated heterocycles. The fourth-order valence-corrected chi connectivity index (χ4v) is 4.08. The first-order valence-corrected chi connectivity index (χ1v) is 12.2. The van der Waals surface area contributed by atoms with Crippen LogP contribution in [0.5, 0.6) is 11.6 Å². The highest BCUT2D eigenvalue weighted by Gasteiger charge is 2.16. The third-order valence-electron chi connectivity index (χ3n) is 5.31. The van der Waals surface area contributed by atoms with E-state index in [1.54, 1.807) is 30.5 Å². The van der Waals surface area contributed by atoms with Gasteiger partial charge in [0.05, 0.1) is 26.5 Å². The van der Waals surface area contributed by atoms with Gasteiger partial charge in [0.1, 0.15) is 17.8 Å². The lowest BCUT2D eigenvalue weighted by Crippen LogP contribution is -2.23. The maximum Gasteiger partial charge on any atom is 0.287 e. The van der Waals surface area contributed by atoms with E-state index in [-0.39, 0.29) is 23.0 Å². The van der Waals surface area contributed by atoms with Crippen molar-refractivity contribution in [2.45, 2.75) is 26.2 Å². The number of halogens is 2. The molecule has 0 aliphatic heterocycles. The first-order valence-electron chi connectivity index (χ1n) is 10.6. The normalized spacial score (nSPS) is 12.2. The summed E-state index contributed by atoms with van der Waals surface area (Å²) in [5.41, 5.74) is 0.984. The van der Waals surface area contributed by atoms with Crippen LogP contribution in [0.25, 0.3) is 10.9 Å². The van der Waals surface area contributed by atoms with Gasteiger partial charge in [0, 0.05) is 22.5 Å². The third kappa shape index (κ3) is 5.46. The quantitative estimate of drug-likeness (QED) is 0.138. The van der Waals surface area contributed by atoms with E-state index in [0.717, 1.165) is 22.7 Å². The highest BCUT2D eigenvalue weighted by molar-refractivity contribution is 9.10. The van der Waals surface area contributed by atoms with Gasteiger partial charge in [-0.05, 0) is 64.3 Å². The molecule has 0 amide bonds. The predicted octanol–water partition coefficient (Wildman–Crippen LogP) is 6.41. The number of fused-ring (bicyclic) bond motifs is 1. The maximum atomic E-state index is 13.2. The third-order valence-corrected chi connectivity index (χ3v) is 6.42. The molecule has 0 aliphatic carbocycles. The van der Waals surface area contributed by atoms with Crippen LogP contribution in [0.15, 0.2) is 73.6 Å². The molecule has 1 atom stereocenters. The molecular formula is C24H19Br2N5O4. The first kappa shape index (κ1) is 24.7. The van der Waals surface area contributed by atoms with Crippen molar-refractivity contribution >= 4 is 54.7 Å². The summed E-state index contributed by atoms with van der Waals surface area (Å²) in [6.45, 7) is 4.04. The van der Waals surface area contributed by atoms with Gasteiger partial charge in [0.2, 0.25) is 5.88 Å². The number of hydrogen-bond donors (Lipinski definition) is 0. The second-order valence-electron chi connectivity index (χ2n) is 7.71. The zero-order valence-electron chi connectivity index (χ0n) is 18.7. The van der Waals surface area contributed by atoms with E-state index >= 15 is 0 Å². The number of pyridine rings is 1. The number of nitrogens with zero attached hydrogens (tertiary/aromatic N) is 5. The van der Waals surface area contributed by atoms with E-state index in [1.807, 2.05) is 26.0 Å². The molecule has 178 valence electrons. The number of rotatable bonds is 7. The largest absolute Gasteiger partial charge is 0.438 e. The van der Waals surface area contributed by atoms with E-state index in [4.69, 9.17) is 9.72 Å². The van der Waals surface area contributed by atoms with E-state index in [9.17, 15) is 14.9 Å². The van der Waals surface area contributed by atoms with Crippen LogP contribution in [0.4, 0.5) is 5.69 Å². The van der Waals surface area contributed by atoms with Gasteiger partial charge in [-0.3, -0.25) is 14.9 Å². The number of aromatic nitrogens is 3. The van der Waals surface area contributed by atoms with Crippen LogP contribution in [0, 0.1) is 10.1 Å². The second kappa shape index (κ2) is 10.4.